The van der Waals surface area contributed by atoms with Crippen molar-refractivity contribution < 1.29 is 93.7 Å². The molecule has 1 amide bonds. The normalized spacial score (nSPS) is 21.3. The summed E-state index contributed by atoms with van der Waals surface area (Å²) in [5, 5.41) is 23.8. The van der Waals surface area contributed by atoms with E-state index in [2.05, 4.69) is 64.0 Å². The number of pyridine rings is 3. The number of likely N-dealkylation sites (tertiary alicyclic amines) is 2. The Morgan fingerprint density at radius 3 is 1.18 bits per heavy atom. The van der Waals surface area contributed by atoms with Crippen molar-refractivity contribution in [3.05, 3.63) is 340 Å². The minimum absolute atomic E-state index is 0.0302. The average Bonchev–Trinajstić information content (AvgIpc) is 1.56. The number of piperidine rings is 6. The van der Waals surface area contributed by atoms with Gasteiger partial charge in [0.2, 0.25) is 30.1 Å². The fraction of sp³-hybridized carbons (Fsp3) is 0.381. The number of aryl methyl sites for hydroxylation is 2. The monoisotopic (exact) mass is 2220 g/mol. The third-order valence-electron chi connectivity index (χ3n) is 26.3. The predicted octanol–water partition coefficient (Wildman–Crippen LogP) is 26.1. The molecule has 0 radical (unpaired) electrons. The van der Waals surface area contributed by atoms with Crippen molar-refractivity contribution in [1.82, 2.24) is 43.0 Å². The lowest BCUT2D eigenvalue weighted by Crippen LogP contribution is -2.55. The molecule has 2 aliphatic carbocycles. The Bertz CT molecular complexity index is 6500. The van der Waals surface area contributed by atoms with E-state index in [0.717, 1.165) is 116 Å². The van der Waals surface area contributed by atoms with Crippen LogP contribution in [-0.2, 0) is 34.8 Å². The molecule has 6 aliphatic heterocycles. The summed E-state index contributed by atoms with van der Waals surface area (Å²) in [4.78, 5) is 40.2. The summed E-state index contributed by atoms with van der Waals surface area (Å²) in [5.41, 5.74) is 2.42. The zero-order chi connectivity index (χ0) is 103. The molecule has 143 heavy (non-hydrogen) atoms. The van der Waals surface area contributed by atoms with Gasteiger partial charge < -0.3 is 30.1 Å². The number of hydrogen-bond acceptors (Lipinski definition) is 15. The Labute approximate surface area is 859 Å². The summed E-state index contributed by atoms with van der Waals surface area (Å²) in [6, 6.07) is 47.3. The summed E-state index contributed by atoms with van der Waals surface area (Å²) in [5.74, 6) is -7.66. The molecule has 0 bridgehead atoms. The van der Waals surface area contributed by atoms with E-state index in [-0.39, 0.29) is 43.6 Å². The average molecular weight is 2230 g/mol. The maximum Gasteiger partial charge on any atom is 0.410 e. The number of rotatable bonds is 16. The van der Waals surface area contributed by atoms with E-state index in [9.17, 15) is 83.9 Å². The molecule has 20 nitrogen and oxygen atoms in total. The van der Waals surface area contributed by atoms with Crippen molar-refractivity contribution in [1.29, 1.82) is 0 Å². The molecule has 0 spiro atoms. The zero-order valence-corrected chi connectivity index (χ0v) is 86.6. The molecule has 19 rings (SSSR count). The van der Waals surface area contributed by atoms with Gasteiger partial charge in [0, 0.05) is 99.6 Å². The van der Waals surface area contributed by atoms with Crippen LogP contribution in [0.3, 0.4) is 0 Å². The molecule has 3 aromatic heterocycles. The number of nitrogens with one attached hydrogen (secondary N) is 1. The summed E-state index contributed by atoms with van der Waals surface area (Å²) >= 11 is 24.1. The second kappa shape index (κ2) is 49.5. The van der Waals surface area contributed by atoms with E-state index in [1.165, 1.54) is 160 Å². The smallest absolute Gasteiger partial charge is 0.410 e. The van der Waals surface area contributed by atoms with Crippen molar-refractivity contribution in [3.8, 4) is 11.3 Å². The van der Waals surface area contributed by atoms with Gasteiger partial charge in [0.25, 0.3) is 0 Å². The lowest BCUT2D eigenvalue weighted by molar-refractivity contribution is -0.0144. The van der Waals surface area contributed by atoms with Gasteiger partial charge in [0.05, 0.1) is 56.2 Å². The number of carboxylic acid groups (broad SMARTS) is 1. The van der Waals surface area contributed by atoms with Crippen LogP contribution in [0.15, 0.2) is 242 Å². The third kappa shape index (κ3) is 29.8. The van der Waals surface area contributed by atoms with Crippen molar-refractivity contribution >= 4 is 109 Å². The molecule has 8 fully saturated rings. The third-order valence-corrected chi connectivity index (χ3v) is 33.9. The van der Waals surface area contributed by atoms with Gasteiger partial charge >= 0.3 is 12.1 Å². The Hall–Kier alpha value is -9.31. The van der Waals surface area contributed by atoms with Crippen molar-refractivity contribution in [3.63, 3.8) is 0 Å². The van der Waals surface area contributed by atoms with Crippen molar-refractivity contribution in [2.45, 2.75) is 243 Å². The standard InChI is InChI=1S/C31H38ClF2N3O4S.C20H20ClF2NO3S.C18H18ClF2NO2S.C12H15F2N.C12H9F2N.C6H4BrNO2.C6H6BrN/c32-23-7-9-27(10-8-23)42(39,40)37-28(22-19-24(33)21-25(34)20-22)5-4-6-29(37)31(13-14-31)41-30(38)36-17-11-26(12-18-36)35-15-2-1-3-16-35;21-14-4-6-17(7-5-14)28(26,27)24-18(13-10-15(22)12-16(23)11-13)2-1-3-19(24)20(25)8-9-20;1-12-3-2-4-18(13-9-15(20)11-16(21)10-13)22(12)25(23,24)17-7-5-14(19)6-8-17;2*1-8-3-2-4-12(15-8)9-5-10(13)7-11(14)6-9;7-5-3-1-2-4(8-5)6(9)10;1-5-3-2-4-6(7)8-5/h7-10,19-21,26,28-29H,1-6,11-18H2;4-7,10-12,18-19,25H,1-3,8-9H2;5-12,18H,2-4H2,1H3;5-8,12,15H,2-4H2,1H3;2-7H,1H3;1-3H,(H,9,10);2-4H,1H3/t28-,29+;18-,19+;12-,18-;8-,12-;;;/m0000.../s1. The molecular weight excluding hydrogens is 2120 g/mol. The van der Waals surface area contributed by atoms with Gasteiger partial charge in [0.15, 0.2) is 0 Å². The fourth-order valence-electron chi connectivity index (χ4n) is 19.3. The van der Waals surface area contributed by atoms with Crippen LogP contribution >= 0.6 is 66.7 Å². The minimum Gasteiger partial charge on any atom is -0.477 e. The van der Waals surface area contributed by atoms with E-state index in [4.69, 9.17) is 44.6 Å². The van der Waals surface area contributed by atoms with Crippen LogP contribution < -0.4 is 5.32 Å². The summed E-state index contributed by atoms with van der Waals surface area (Å²) in [6.45, 7) is 11.2. The number of ether oxygens (including phenoxy) is 1. The van der Waals surface area contributed by atoms with Crippen LogP contribution in [0.25, 0.3) is 11.3 Å². The van der Waals surface area contributed by atoms with E-state index >= 15 is 0 Å². The number of aromatic carboxylic acids is 1. The Morgan fingerprint density at radius 1 is 0.413 bits per heavy atom. The number of halogens is 15. The molecule has 3 N–H and O–H groups in total. The molecule has 8 aliphatic rings. The van der Waals surface area contributed by atoms with E-state index < -0.39 is 142 Å². The van der Waals surface area contributed by atoms with E-state index in [0.29, 0.717) is 139 Å². The molecule has 8 aromatic carbocycles. The number of nitrogens with zero attached hydrogens (tertiary/aromatic N) is 8. The quantitative estimate of drug-likeness (QED) is 0.0600. The first kappa shape index (κ1) is 111. The molecular formula is C105H110Br2Cl3F10N9O11S3. The molecule has 764 valence electrons. The summed E-state index contributed by atoms with van der Waals surface area (Å²) in [6.07, 6.45) is 15.5. The number of aromatic nitrogens is 3. The van der Waals surface area contributed by atoms with Gasteiger partial charge in [-0.25, -0.2) is 88.7 Å². The number of amides is 1. The Kier molecular flexibility index (Phi) is 38.4. The number of carbonyl (C=O) groups excluding carboxylic acids is 1. The van der Waals surface area contributed by atoms with Crippen molar-refractivity contribution in [2.75, 3.05) is 26.2 Å². The highest BCUT2D eigenvalue weighted by atomic mass is 79.9. The zero-order valence-electron chi connectivity index (χ0n) is 78.7. The lowest BCUT2D eigenvalue weighted by atomic mass is 9.90. The highest BCUT2D eigenvalue weighted by Crippen LogP contribution is 2.55. The van der Waals surface area contributed by atoms with Crippen LogP contribution in [0.5, 0.6) is 0 Å². The lowest BCUT2D eigenvalue weighted by Gasteiger charge is -2.45. The van der Waals surface area contributed by atoms with E-state index in [1.54, 1.807) is 29.2 Å². The summed E-state index contributed by atoms with van der Waals surface area (Å²) < 4.78 is 229. The molecule has 11 aromatic rings. The van der Waals surface area contributed by atoms with Crippen molar-refractivity contribution in [2.24, 2.45) is 0 Å². The number of carbonyl (C=O) groups is 2. The largest absolute Gasteiger partial charge is 0.477 e. The maximum absolute atomic E-state index is 14.3. The van der Waals surface area contributed by atoms with Crippen LogP contribution in [0.4, 0.5) is 48.7 Å². The number of aliphatic hydroxyl groups is 1. The Morgan fingerprint density at radius 2 is 0.790 bits per heavy atom. The number of hydrogen-bond donors (Lipinski definition) is 3. The van der Waals surface area contributed by atoms with Gasteiger partial charge in [-0.05, 0) is 387 Å². The first-order valence-electron chi connectivity index (χ1n) is 47.2. The van der Waals surface area contributed by atoms with Crippen LogP contribution in [0, 0.1) is 72.0 Å². The van der Waals surface area contributed by atoms with Crippen LogP contribution in [0.2, 0.25) is 15.1 Å². The first-order chi connectivity index (χ1) is 67.9. The number of benzene rings is 8. The highest BCUT2D eigenvalue weighted by molar-refractivity contribution is 9.10. The van der Waals surface area contributed by atoms with Gasteiger partial charge in [-0.15, -0.1) is 0 Å². The predicted molar refractivity (Wildman–Crippen MR) is 535 cm³/mol. The topological polar surface area (TPSA) is 253 Å². The second-order valence-electron chi connectivity index (χ2n) is 36.9. The molecule has 9 heterocycles. The van der Waals surface area contributed by atoms with Gasteiger partial charge in [-0.1, -0.05) is 65.8 Å². The van der Waals surface area contributed by atoms with Gasteiger partial charge in [-0.2, -0.15) is 12.9 Å². The first-order valence-corrected chi connectivity index (χ1v) is 54.3. The highest BCUT2D eigenvalue weighted by Gasteiger charge is 2.61. The molecule has 8 atom stereocenters. The maximum atomic E-state index is 14.3. The number of sulfonamides is 3. The Balaban J connectivity index is 0.000000149. The SMILES string of the molecule is C[C@H]1CCC[C@@H](c2cc(F)cc(F)c2)N1.C[C@H]1CCC[C@@H](c2cc(F)cc(F)c2)N1S(=O)(=O)c1ccc(Cl)cc1.Cc1cccc(-c2cc(F)cc(F)c2)n1.Cc1cccc(Br)n1.O=C(O)c1cccc(Br)n1.O=C(OC1([C@H]2CCC[C@@H](c3cc(F)cc(F)c3)N2S(=O)(=O)c2ccc(Cl)cc2)CC1)N1CCC(N2CCCCC2)CC1.O=S(=O)(c1ccc(Cl)cc1)N1[C@H](c2cc(F)cc(F)c2)CCC[C@@H]1C1(O)CC1. The van der Waals surface area contributed by atoms with Gasteiger partial charge in [0.1, 0.15) is 78.7 Å². The minimum atomic E-state index is -4.16. The molecule has 2 saturated carbocycles. The van der Waals surface area contributed by atoms with Crippen LogP contribution in [-0.4, -0.2) is 153 Å². The molecule has 38 heteroatoms. The molecule has 6 saturated heterocycles. The fourth-order valence-corrected chi connectivity index (χ4v) is 26.1. The second-order valence-corrected chi connectivity index (χ2v) is 45.3. The van der Waals surface area contributed by atoms with Gasteiger partial charge in [-0.3, -0.25) is 4.98 Å². The van der Waals surface area contributed by atoms with E-state index in [1.807, 2.05) is 45.0 Å². The molecule has 0 unspecified atom stereocenters. The van der Waals surface area contributed by atoms with Crippen LogP contribution in [0.1, 0.15) is 217 Å². The number of carboxylic acids is 1. The summed E-state index contributed by atoms with van der Waals surface area (Å²) in [7, 11) is -12.0.